The van der Waals surface area contributed by atoms with Gasteiger partial charge in [0, 0.05) is 27.2 Å². The van der Waals surface area contributed by atoms with Crippen LogP contribution in [0.5, 0.6) is 0 Å². The Balaban J connectivity index is 2.09. The Hall–Kier alpha value is -2.03. The predicted octanol–water partition coefficient (Wildman–Crippen LogP) is 0.582. The van der Waals surface area contributed by atoms with E-state index in [1.165, 1.54) is 37.3 Å². The Kier molecular flexibility index (Phi) is 3.36. The van der Waals surface area contributed by atoms with Crippen LogP contribution in [0.4, 0.5) is 5.82 Å². The molecule has 3 rings (SSSR count). The van der Waals surface area contributed by atoms with Gasteiger partial charge in [-0.2, -0.15) is 5.26 Å². The summed E-state index contributed by atoms with van der Waals surface area (Å²) < 4.78 is 2.45. The molecular formula is C15H20N4O2. The number of anilines is 1. The quantitative estimate of drug-likeness (QED) is 0.758. The van der Waals surface area contributed by atoms with Crippen molar-refractivity contribution in [3.63, 3.8) is 0 Å². The standard InChI is InChI=1S/C15H20N4O2/c1-17-13(12(7-16)14(20)18(2)15(17)21)19-8-10-5-3-4-6-11(10)9-19/h10-11H,3-6,8-9H2,1-2H3. The molecule has 2 fully saturated rings. The van der Waals surface area contributed by atoms with Gasteiger partial charge in [0.15, 0.2) is 5.56 Å². The summed E-state index contributed by atoms with van der Waals surface area (Å²) in [5.74, 6) is 1.76. The first-order chi connectivity index (χ1) is 10.0. The van der Waals surface area contributed by atoms with Crippen molar-refractivity contribution in [3.8, 4) is 6.07 Å². The number of rotatable bonds is 1. The lowest BCUT2D eigenvalue weighted by Crippen LogP contribution is -2.42. The minimum absolute atomic E-state index is 0.0817. The van der Waals surface area contributed by atoms with Gasteiger partial charge in [0.2, 0.25) is 0 Å². The lowest BCUT2D eigenvalue weighted by Gasteiger charge is -2.22. The normalized spacial score (nSPS) is 24.7. The molecule has 2 atom stereocenters. The minimum Gasteiger partial charge on any atom is -0.356 e. The summed E-state index contributed by atoms with van der Waals surface area (Å²) in [5, 5.41) is 9.35. The highest BCUT2D eigenvalue weighted by Crippen LogP contribution is 2.38. The summed E-state index contributed by atoms with van der Waals surface area (Å²) in [4.78, 5) is 26.4. The van der Waals surface area contributed by atoms with Crippen LogP contribution in [0, 0.1) is 23.2 Å². The van der Waals surface area contributed by atoms with Crippen LogP contribution in [0.3, 0.4) is 0 Å². The maximum Gasteiger partial charge on any atom is 0.332 e. The third kappa shape index (κ3) is 2.08. The van der Waals surface area contributed by atoms with Crippen LogP contribution in [0.15, 0.2) is 9.59 Å². The van der Waals surface area contributed by atoms with Crippen LogP contribution in [-0.2, 0) is 14.1 Å². The molecule has 21 heavy (non-hydrogen) atoms. The third-order valence-corrected chi connectivity index (χ3v) is 5.02. The zero-order valence-electron chi connectivity index (χ0n) is 12.5. The summed E-state index contributed by atoms with van der Waals surface area (Å²) in [6.45, 7) is 1.69. The van der Waals surface area contributed by atoms with E-state index >= 15 is 0 Å². The van der Waals surface area contributed by atoms with E-state index in [2.05, 4.69) is 4.90 Å². The highest BCUT2D eigenvalue weighted by atomic mass is 16.2. The first-order valence-corrected chi connectivity index (χ1v) is 7.49. The second-order valence-corrected chi connectivity index (χ2v) is 6.23. The highest BCUT2D eigenvalue weighted by Gasteiger charge is 2.36. The molecule has 0 bridgehead atoms. The van der Waals surface area contributed by atoms with Crippen molar-refractivity contribution in [3.05, 3.63) is 26.4 Å². The van der Waals surface area contributed by atoms with Crippen molar-refractivity contribution in [1.82, 2.24) is 9.13 Å². The van der Waals surface area contributed by atoms with Gasteiger partial charge in [0.05, 0.1) is 0 Å². The van der Waals surface area contributed by atoms with Crippen LogP contribution >= 0.6 is 0 Å². The number of hydrogen-bond acceptors (Lipinski definition) is 4. The molecule has 6 nitrogen and oxygen atoms in total. The molecule has 112 valence electrons. The van der Waals surface area contributed by atoms with Crippen LogP contribution in [0.2, 0.25) is 0 Å². The molecule has 1 saturated heterocycles. The molecule has 0 radical (unpaired) electrons. The smallest absolute Gasteiger partial charge is 0.332 e. The van der Waals surface area contributed by atoms with Gasteiger partial charge in [-0.3, -0.25) is 13.9 Å². The van der Waals surface area contributed by atoms with Gasteiger partial charge in [-0.25, -0.2) is 4.79 Å². The molecule has 0 amide bonds. The van der Waals surface area contributed by atoms with Crippen molar-refractivity contribution in [2.45, 2.75) is 25.7 Å². The van der Waals surface area contributed by atoms with E-state index in [0.29, 0.717) is 17.7 Å². The average Bonchev–Trinajstić information content (AvgIpc) is 2.91. The van der Waals surface area contributed by atoms with Crippen molar-refractivity contribution in [2.75, 3.05) is 18.0 Å². The molecule has 1 aromatic rings. The molecule has 6 heteroatoms. The molecule has 1 aromatic heterocycles. The molecule has 1 aliphatic carbocycles. The van der Waals surface area contributed by atoms with Gasteiger partial charge in [-0.05, 0) is 24.7 Å². The van der Waals surface area contributed by atoms with Gasteiger partial charge in [-0.15, -0.1) is 0 Å². The van der Waals surface area contributed by atoms with Gasteiger partial charge in [0.1, 0.15) is 11.9 Å². The van der Waals surface area contributed by atoms with E-state index in [1.54, 1.807) is 7.05 Å². The molecule has 0 spiro atoms. The minimum atomic E-state index is -0.495. The van der Waals surface area contributed by atoms with Gasteiger partial charge in [0.25, 0.3) is 5.56 Å². The van der Waals surface area contributed by atoms with Gasteiger partial charge < -0.3 is 4.90 Å². The fraction of sp³-hybridized carbons (Fsp3) is 0.667. The van der Waals surface area contributed by atoms with E-state index < -0.39 is 5.56 Å². The van der Waals surface area contributed by atoms with E-state index in [9.17, 15) is 14.9 Å². The fourth-order valence-electron chi connectivity index (χ4n) is 3.88. The topological polar surface area (TPSA) is 71.0 Å². The van der Waals surface area contributed by atoms with Gasteiger partial charge >= 0.3 is 5.69 Å². The SMILES string of the molecule is Cn1c(N2CC3CCCCC3C2)c(C#N)c(=O)n(C)c1=O. The van der Waals surface area contributed by atoms with Crippen LogP contribution in [-0.4, -0.2) is 22.2 Å². The Morgan fingerprint density at radius 3 is 2.14 bits per heavy atom. The summed E-state index contributed by atoms with van der Waals surface area (Å²) >= 11 is 0. The Labute approximate surface area is 123 Å². The second-order valence-electron chi connectivity index (χ2n) is 6.23. The molecule has 2 unspecified atom stereocenters. The lowest BCUT2D eigenvalue weighted by molar-refractivity contribution is 0.299. The number of hydrogen-bond donors (Lipinski definition) is 0. The molecule has 0 N–H and O–H groups in total. The maximum atomic E-state index is 12.2. The van der Waals surface area contributed by atoms with Crippen LogP contribution < -0.4 is 16.1 Å². The number of aromatic nitrogens is 2. The zero-order chi connectivity index (χ0) is 15.1. The van der Waals surface area contributed by atoms with E-state index in [0.717, 1.165) is 17.7 Å². The monoisotopic (exact) mass is 288 g/mol. The largest absolute Gasteiger partial charge is 0.356 e. The van der Waals surface area contributed by atoms with Crippen molar-refractivity contribution in [1.29, 1.82) is 5.26 Å². The van der Waals surface area contributed by atoms with Crippen molar-refractivity contribution in [2.24, 2.45) is 25.9 Å². The van der Waals surface area contributed by atoms with Crippen molar-refractivity contribution >= 4 is 5.82 Å². The van der Waals surface area contributed by atoms with E-state index in [1.807, 2.05) is 6.07 Å². The van der Waals surface area contributed by atoms with Crippen LogP contribution in [0.25, 0.3) is 0 Å². The maximum absolute atomic E-state index is 12.2. The Morgan fingerprint density at radius 1 is 1.05 bits per heavy atom. The summed E-state index contributed by atoms with van der Waals surface area (Å²) in [7, 11) is 3.05. The number of nitrogens with zero attached hydrogens (tertiary/aromatic N) is 4. The molecule has 0 aromatic carbocycles. The highest BCUT2D eigenvalue weighted by molar-refractivity contribution is 5.54. The molecule has 2 aliphatic rings. The van der Waals surface area contributed by atoms with E-state index in [-0.39, 0.29) is 11.3 Å². The Morgan fingerprint density at radius 2 is 1.62 bits per heavy atom. The molecule has 1 aliphatic heterocycles. The molecule has 2 heterocycles. The molecule has 1 saturated carbocycles. The predicted molar refractivity (Wildman–Crippen MR) is 79.3 cm³/mol. The summed E-state index contributed by atoms with van der Waals surface area (Å²) in [6, 6.07) is 2.00. The van der Waals surface area contributed by atoms with Crippen LogP contribution in [0.1, 0.15) is 31.2 Å². The summed E-state index contributed by atoms with van der Waals surface area (Å²) in [5.41, 5.74) is -0.785. The second kappa shape index (κ2) is 5.06. The zero-order valence-corrected chi connectivity index (χ0v) is 12.5. The van der Waals surface area contributed by atoms with Gasteiger partial charge in [-0.1, -0.05) is 12.8 Å². The van der Waals surface area contributed by atoms with E-state index in [4.69, 9.17) is 0 Å². The molecular weight excluding hydrogens is 268 g/mol. The first-order valence-electron chi connectivity index (χ1n) is 7.49. The van der Waals surface area contributed by atoms with Crippen molar-refractivity contribution < 1.29 is 0 Å². The summed E-state index contributed by atoms with van der Waals surface area (Å²) in [6.07, 6.45) is 4.94. The third-order valence-electron chi connectivity index (χ3n) is 5.02. The average molecular weight is 288 g/mol. The first kappa shape index (κ1) is 13.9. The Bertz CT molecular complexity index is 711. The number of fused-ring (bicyclic) bond motifs is 1. The lowest BCUT2D eigenvalue weighted by atomic mass is 9.82. The number of nitriles is 1. The fourth-order valence-corrected chi connectivity index (χ4v) is 3.88.